The first-order valence-electron chi connectivity index (χ1n) is 10.5. The van der Waals surface area contributed by atoms with E-state index in [1.807, 2.05) is 13.0 Å². The summed E-state index contributed by atoms with van der Waals surface area (Å²) in [4.78, 5) is 13.7. The average Bonchev–Trinajstić information content (AvgIpc) is 2.75. The highest BCUT2D eigenvalue weighted by Gasteiger charge is 2.29. The van der Waals surface area contributed by atoms with Gasteiger partial charge in [0, 0.05) is 56.6 Å². The van der Waals surface area contributed by atoms with Crippen LogP contribution in [0.15, 0.2) is 30.3 Å². The highest BCUT2D eigenvalue weighted by atomic mass is 32.2. The molecule has 9 heteroatoms. The van der Waals surface area contributed by atoms with Crippen LogP contribution in [0.3, 0.4) is 0 Å². The lowest BCUT2D eigenvalue weighted by atomic mass is 10.1. The number of sulfonamides is 1. The molecule has 4 rings (SSSR count). The van der Waals surface area contributed by atoms with E-state index < -0.39 is 15.8 Å². The highest BCUT2D eigenvalue weighted by Crippen LogP contribution is 2.23. The fourth-order valence-corrected chi connectivity index (χ4v) is 5.56. The van der Waals surface area contributed by atoms with E-state index in [1.54, 1.807) is 12.1 Å². The van der Waals surface area contributed by atoms with Crippen LogP contribution < -0.4 is 9.80 Å². The monoisotopic (exact) mass is 433 g/mol. The Morgan fingerprint density at radius 3 is 2.33 bits per heavy atom. The van der Waals surface area contributed by atoms with Crippen molar-refractivity contribution in [2.75, 3.05) is 49.1 Å². The molecule has 162 valence electrons. The molecule has 0 aliphatic carbocycles. The van der Waals surface area contributed by atoms with E-state index in [9.17, 15) is 12.8 Å². The van der Waals surface area contributed by atoms with E-state index in [1.165, 1.54) is 22.9 Å². The van der Waals surface area contributed by atoms with Gasteiger partial charge in [0.05, 0.1) is 5.75 Å². The molecule has 0 bridgehead atoms. The zero-order valence-corrected chi connectivity index (χ0v) is 18.1. The normalized spacial score (nSPS) is 18.6. The topological polar surface area (TPSA) is 69.6 Å². The van der Waals surface area contributed by atoms with E-state index >= 15 is 0 Å². The minimum Gasteiger partial charge on any atom is -0.354 e. The first-order chi connectivity index (χ1) is 14.4. The number of hydrogen-bond donors (Lipinski definition) is 0. The van der Waals surface area contributed by atoms with Gasteiger partial charge >= 0.3 is 0 Å². The summed E-state index contributed by atoms with van der Waals surface area (Å²) < 4.78 is 40.9. The minimum absolute atomic E-state index is 0.206. The Labute approximate surface area is 177 Å². The Morgan fingerprint density at radius 1 is 0.933 bits per heavy atom. The zero-order valence-electron chi connectivity index (χ0n) is 17.3. The van der Waals surface area contributed by atoms with Gasteiger partial charge in [-0.25, -0.2) is 17.8 Å². The molecule has 2 aliphatic heterocycles. The molecular weight excluding hydrogens is 405 g/mol. The number of piperazine rings is 1. The minimum atomic E-state index is -3.57. The van der Waals surface area contributed by atoms with E-state index in [2.05, 4.69) is 14.8 Å². The van der Waals surface area contributed by atoms with Crippen LogP contribution in [-0.4, -0.2) is 62.0 Å². The fraction of sp³-hybridized carbons (Fsp3) is 0.524. The number of aromatic nitrogens is 2. The van der Waals surface area contributed by atoms with Gasteiger partial charge in [0.15, 0.2) is 0 Å². The zero-order chi connectivity index (χ0) is 21.1. The predicted molar refractivity (Wildman–Crippen MR) is 116 cm³/mol. The molecule has 2 fully saturated rings. The van der Waals surface area contributed by atoms with Gasteiger partial charge in [0.2, 0.25) is 16.0 Å². The Kier molecular flexibility index (Phi) is 6.19. The van der Waals surface area contributed by atoms with Crippen LogP contribution in [-0.2, 0) is 15.8 Å². The van der Waals surface area contributed by atoms with Gasteiger partial charge in [-0.05, 0) is 32.3 Å². The number of nitrogens with zero attached hydrogens (tertiary/aromatic N) is 5. The molecule has 2 aliphatic rings. The van der Waals surface area contributed by atoms with Gasteiger partial charge in [0.1, 0.15) is 11.6 Å². The second kappa shape index (κ2) is 8.85. The number of halogens is 1. The molecule has 0 saturated carbocycles. The van der Waals surface area contributed by atoms with Gasteiger partial charge in [-0.3, -0.25) is 0 Å². The highest BCUT2D eigenvalue weighted by molar-refractivity contribution is 7.88. The summed E-state index contributed by atoms with van der Waals surface area (Å²) in [5, 5.41) is 0. The van der Waals surface area contributed by atoms with Crippen LogP contribution >= 0.6 is 0 Å². The summed E-state index contributed by atoms with van der Waals surface area (Å²) in [5.41, 5.74) is 1.12. The van der Waals surface area contributed by atoms with Crippen molar-refractivity contribution in [3.05, 3.63) is 47.4 Å². The molecule has 0 unspecified atom stereocenters. The molecule has 30 heavy (non-hydrogen) atoms. The molecule has 0 amide bonds. The summed E-state index contributed by atoms with van der Waals surface area (Å²) in [5.74, 6) is 0.806. The summed E-state index contributed by atoms with van der Waals surface area (Å²) in [7, 11) is -3.57. The maximum Gasteiger partial charge on any atom is 0.227 e. The number of benzene rings is 1. The molecule has 1 aromatic carbocycles. The maximum atomic E-state index is 13.9. The Hall–Kier alpha value is -2.26. The van der Waals surface area contributed by atoms with E-state index in [0.717, 1.165) is 43.4 Å². The molecule has 2 saturated heterocycles. The first kappa shape index (κ1) is 21.0. The van der Waals surface area contributed by atoms with Crippen molar-refractivity contribution in [1.82, 2.24) is 14.3 Å². The van der Waals surface area contributed by atoms with Crippen LogP contribution in [0.25, 0.3) is 0 Å². The van der Waals surface area contributed by atoms with Crippen molar-refractivity contribution in [3.63, 3.8) is 0 Å². The van der Waals surface area contributed by atoms with Crippen LogP contribution in [0.4, 0.5) is 16.2 Å². The second-order valence-electron chi connectivity index (χ2n) is 7.95. The maximum absolute atomic E-state index is 13.9. The third-order valence-electron chi connectivity index (χ3n) is 5.72. The van der Waals surface area contributed by atoms with Crippen LogP contribution in [0, 0.1) is 12.7 Å². The van der Waals surface area contributed by atoms with Gasteiger partial charge in [-0.2, -0.15) is 9.29 Å². The Morgan fingerprint density at radius 2 is 1.63 bits per heavy atom. The van der Waals surface area contributed by atoms with Crippen molar-refractivity contribution >= 4 is 21.8 Å². The second-order valence-corrected chi connectivity index (χ2v) is 9.92. The van der Waals surface area contributed by atoms with E-state index in [-0.39, 0.29) is 11.3 Å². The number of hydrogen-bond acceptors (Lipinski definition) is 6. The lowest BCUT2D eigenvalue weighted by Crippen LogP contribution is -2.49. The molecule has 0 spiro atoms. The van der Waals surface area contributed by atoms with E-state index in [4.69, 9.17) is 4.98 Å². The smallest absolute Gasteiger partial charge is 0.227 e. The number of aryl methyl sites for hydroxylation is 1. The number of anilines is 2. The van der Waals surface area contributed by atoms with Crippen LogP contribution in [0.2, 0.25) is 0 Å². The molecular formula is C21H28FN5O2S. The largest absolute Gasteiger partial charge is 0.354 e. The summed E-state index contributed by atoms with van der Waals surface area (Å²) in [6.45, 7) is 5.74. The van der Waals surface area contributed by atoms with Gasteiger partial charge < -0.3 is 9.80 Å². The predicted octanol–water partition coefficient (Wildman–Crippen LogP) is 2.57. The van der Waals surface area contributed by atoms with Crippen molar-refractivity contribution in [2.24, 2.45) is 0 Å². The molecule has 7 nitrogen and oxygen atoms in total. The van der Waals surface area contributed by atoms with Gasteiger partial charge in [0.25, 0.3) is 0 Å². The van der Waals surface area contributed by atoms with Crippen molar-refractivity contribution < 1.29 is 12.8 Å². The lowest BCUT2D eigenvalue weighted by molar-refractivity contribution is 0.382. The quantitative estimate of drug-likeness (QED) is 0.722. The molecule has 0 atom stereocenters. The number of rotatable bonds is 5. The number of piperidine rings is 1. The van der Waals surface area contributed by atoms with Crippen molar-refractivity contribution in [1.29, 1.82) is 0 Å². The average molecular weight is 434 g/mol. The van der Waals surface area contributed by atoms with Gasteiger partial charge in [-0.1, -0.05) is 18.2 Å². The van der Waals surface area contributed by atoms with E-state index in [0.29, 0.717) is 26.2 Å². The van der Waals surface area contributed by atoms with Crippen molar-refractivity contribution in [3.8, 4) is 0 Å². The first-order valence-corrected chi connectivity index (χ1v) is 12.1. The third kappa shape index (κ3) is 4.73. The molecule has 3 heterocycles. The van der Waals surface area contributed by atoms with Crippen LogP contribution in [0.5, 0.6) is 0 Å². The third-order valence-corrected chi connectivity index (χ3v) is 7.55. The molecule has 2 aromatic rings. The molecule has 0 radical (unpaired) electrons. The lowest BCUT2D eigenvalue weighted by Gasteiger charge is -2.35. The Bertz CT molecular complexity index is 987. The SMILES string of the molecule is Cc1cc(N2CCN(S(=O)(=O)Cc3ccccc3F)CC2)nc(N2CCCCC2)n1. The molecule has 1 aromatic heterocycles. The molecule has 0 N–H and O–H groups in total. The summed E-state index contributed by atoms with van der Waals surface area (Å²) in [6.07, 6.45) is 3.56. The van der Waals surface area contributed by atoms with Gasteiger partial charge in [-0.15, -0.1) is 0 Å². The van der Waals surface area contributed by atoms with Crippen molar-refractivity contribution in [2.45, 2.75) is 31.9 Å². The summed E-state index contributed by atoms with van der Waals surface area (Å²) >= 11 is 0. The summed E-state index contributed by atoms with van der Waals surface area (Å²) in [6, 6.07) is 7.99. The fourth-order valence-electron chi connectivity index (χ4n) is 4.03. The van der Waals surface area contributed by atoms with Crippen LogP contribution in [0.1, 0.15) is 30.5 Å². The standard InChI is InChI=1S/C21H28FN5O2S/c1-17-15-20(24-21(23-17)26-9-5-2-6-10-26)25-11-13-27(14-12-25)30(28,29)16-18-7-3-4-8-19(18)22/h3-4,7-8,15H,2,5-6,9-14,16H2,1H3. The Balaban J connectivity index is 1.43.